The van der Waals surface area contributed by atoms with Gasteiger partial charge in [-0.1, -0.05) is 0 Å². The minimum absolute atomic E-state index is 0.135. The van der Waals surface area contributed by atoms with Crippen LogP contribution in [0.4, 0.5) is 15.0 Å². The van der Waals surface area contributed by atoms with Gasteiger partial charge in [0.2, 0.25) is 0 Å². The van der Waals surface area contributed by atoms with Gasteiger partial charge in [-0.15, -0.1) is 0 Å². The van der Waals surface area contributed by atoms with Crippen LogP contribution >= 0.6 is 38.5 Å². The van der Waals surface area contributed by atoms with Gasteiger partial charge in [-0.25, -0.2) is 19.2 Å². The van der Waals surface area contributed by atoms with Gasteiger partial charge in [-0.3, -0.25) is 0 Å². The van der Waals surface area contributed by atoms with Crippen molar-refractivity contribution in [1.29, 1.82) is 0 Å². The van der Waals surface area contributed by atoms with Crippen LogP contribution in [-0.4, -0.2) is 77.8 Å². The van der Waals surface area contributed by atoms with Crippen LogP contribution in [0, 0.1) is 20.7 Å². The van der Waals surface area contributed by atoms with Crippen LogP contribution < -0.4 is 4.90 Å². The fourth-order valence-electron chi connectivity index (χ4n) is 5.79. The summed E-state index contributed by atoms with van der Waals surface area (Å²) >= 11 is 5.58. The van der Waals surface area contributed by atoms with Gasteiger partial charge in [0.15, 0.2) is 5.82 Å². The molecule has 1 spiro atoms. The van der Waals surface area contributed by atoms with Gasteiger partial charge in [0.05, 0.1) is 4.47 Å². The molecule has 3 fully saturated rings. The Morgan fingerprint density at radius 2 is 1.84 bits per heavy atom. The Hall–Kier alpha value is -1.27. The number of nitrogens with zero attached hydrogens (tertiary/aromatic N) is 5. The zero-order valence-corrected chi connectivity index (χ0v) is 25.9. The third kappa shape index (κ3) is 5.85. The Balaban J connectivity index is 1.35. The zero-order chi connectivity index (χ0) is 26.5. The first-order chi connectivity index (χ1) is 17.4. The number of hydrogen-bond donors (Lipinski definition) is 0. The molecule has 0 unspecified atom stereocenters. The monoisotopic (exact) mass is 687 g/mol. The molecular formula is C27H36BrFIN5O2. The Morgan fingerprint density at radius 3 is 2.46 bits per heavy atom. The fraction of sp³-hybridized carbons (Fsp3) is 0.667. The molecule has 3 saturated heterocycles. The highest BCUT2D eigenvalue weighted by molar-refractivity contribution is 14.1. The topological polar surface area (TPSA) is 61.8 Å². The number of benzene rings is 1. The van der Waals surface area contributed by atoms with E-state index in [2.05, 4.69) is 55.4 Å². The van der Waals surface area contributed by atoms with Crippen molar-refractivity contribution < 1.29 is 13.9 Å². The fourth-order valence-corrected chi connectivity index (χ4v) is 6.64. The van der Waals surface area contributed by atoms with E-state index in [9.17, 15) is 4.79 Å². The first-order valence-electron chi connectivity index (χ1n) is 13.2. The van der Waals surface area contributed by atoms with Gasteiger partial charge >= 0.3 is 6.09 Å². The molecule has 0 saturated carbocycles. The van der Waals surface area contributed by atoms with Crippen molar-refractivity contribution in [2.24, 2.45) is 11.3 Å². The maximum absolute atomic E-state index is 15.4. The standard InChI is InChI=1S/C27H36BrFIN5O2/c1-26(2,3)37-25(36)35-15-27(16-35)7-11-34(12-8-27)24-18-14-19(30)21(28)22(29)23(18)31-20(32-24)13-17-5-9-33(4)10-6-17/h14,17H,5-13,15-16H2,1-4H3. The number of carbonyl (C=O) groups is 1. The average Bonchev–Trinajstić information content (AvgIpc) is 2.82. The van der Waals surface area contributed by atoms with E-state index in [0.717, 1.165) is 92.0 Å². The number of aromatic nitrogens is 2. The van der Waals surface area contributed by atoms with Crippen molar-refractivity contribution in [1.82, 2.24) is 19.8 Å². The second-order valence-electron chi connectivity index (χ2n) is 12.1. The van der Waals surface area contributed by atoms with E-state index in [4.69, 9.17) is 14.7 Å². The highest BCUT2D eigenvalue weighted by atomic mass is 127. The molecule has 0 bridgehead atoms. The molecule has 7 nitrogen and oxygen atoms in total. The molecule has 3 aliphatic heterocycles. The van der Waals surface area contributed by atoms with E-state index in [0.29, 0.717) is 15.9 Å². The molecule has 0 atom stereocenters. The summed E-state index contributed by atoms with van der Waals surface area (Å²) in [6.07, 6.45) is 4.73. The van der Waals surface area contributed by atoms with Crippen molar-refractivity contribution in [3.8, 4) is 0 Å². The summed E-state index contributed by atoms with van der Waals surface area (Å²) < 4.78 is 22.2. The van der Waals surface area contributed by atoms with E-state index in [1.54, 1.807) is 0 Å². The smallest absolute Gasteiger partial charge is 0.410 e. The summed E-state index contributed by atoms with van der Waals surface area (Å²) in [5.74, 6) is 1.80. The van der Waals surface area contributed by atoms with Crippen LogP contribution in [0.15, 0.2) is 10.5 Å². The lowest BCUT2D eigenvalue weighted by Crippen LogP contribution is -2.62. The third-order valence-corrected chi connectivity index (χ3v) is 10.4. The summed E-state index contributed by atoms with van der Waals surface area (Å²) in [6, 6.07) is 2.00. The van der Waals surface area contributed by atoms with Crippen LogP contribution in [0.3, 0.4) is 0 Å². The van der Waals surface area contributed by atoms with Crippen LogP contribution in [0.25, 0.3) is 10.9 Å². The van der Waals surface area contributed by atoms with E-state index in [-0.39, 0.29) is 17.3 Å². The number of anilines is 1. The lowest BCUT2D eigenvalue weighted by Gasteiger charge is -2.53. The Morgan fingerprint density at radius 1 is 1.19 bits per heavy atom. The van der Waals surface area contributed by atoms with Crippen LogP contribution in [0.1, 0.15) is 52.3 Å². The van der Waals surface area contributed by atoms with Crippen LogP contribution in [0.5, 0.6) is 0 Å². The number of carbonyl (C=O) groups excluding carboxylic acids is 1. The second kappa shape index (κ2) is 10.4. The molecule has 10 heteroatoms. The largest absolute Gasteiger partial charge is 0.444 e. The first kappa shape index (κ1) is 27.3. The molecule has 202 valence electrons. The van der Waals surface area contributed by atoms with Gasteiger partial charge in [-0.2, -0.15) is 0 Å². The molecule has 1 aromatic heterocycles. The highest BCUT2D eigenvalue weighted by Gasteiger charge is 2.48. The molecule has 5 rings (SSSR count). The molecule has 0 radical (unpaired) electrons. The molecule has 4 heterocycles. The Bertz CT molecular complexity index is 1180. The summed E-state index contributed by atoms with van der Waals surface area (Å²) in [6.45, 7) is 11.0. The van der Waals surface area contributed by atoms with E-state index in [1.807, 2.05) is 31.7 Å². The second-order valence-corrected chi connectivity index (χ2v) is 14.1. The van der Waals surface area contributed by atoms with E-state index < -0.39 is 5.60 Å². The molecular weight excluding hydrogens is 652 g/mol. The van der Waals surface area contributed by atoms with Crippen LogP contribution in [0.2, 0.25) is 0 Å². The maximum Gasteiger partial charge on any atom is 0.410 e. The van der Waals surface area contributed by atoms with Crippen molar-refractivity contribution in [2.75, 3.05) is 51.2 Å². The average molecular weight is 688 g/mol. The van der Waals surface area contributed by atoms with Crippen molar-refractivity contribution >= 4 is 61.3 Å². The van der Waals surface area contributed by atoms with Crippen molar-refractivity contribution in [3.05, 3.63) is 25.8 Å². The zero-order valence-electron chi connectivity index (χ0n) is 22.1. The lowest BCUT2D eigenvalue weighted by molar-refractivity contribution is -0.0434. The predicted octanol–water partition coefficient (Wildman–Crippen LogP) is 5.86. The molecule has 37 heavy (non-hydrogen) atoms. The number of ether oxygens (including phenoxy) is 1. The third-order valence-electron chi connectivity index (χ3n) is 7.99. The summed E-state index contributed by atoms with van der Waals surface area (Å²) in [5, 5.41) is 0.775. The van der Waals surface area contributed by atoms with Gasteiger partial charge < -0.3 is 19.4 Å². The van der Waals surface area contributed by atoms with Crippen LogP contribution in [-0.2, 0) is 11.2 Å². The van der Waals surface area contributed by atoms with Gasteiger partial charge in [-0.05, 0) is 117 Å². The number of likely N-dealkylation sites (tertiary alicyclic amines) is 2. The Labute approximate surface area is 240 Å². The van der Waals surface area contributed by atoms with E-state index in [1.165, 1.54) is 0 Å². The molecule has 0 N–H and O–H groups in total. The van der Waals surface area contributed by atoms with E-state index >= 15 is 4.39 Å². The normalized spacial score (nSPS) is 20.9. The quantitative estimate of drug-likeness (QED) is 0.298. The maximum atomic E-state index is 15.4. The number of piperidine rings is 2. The molecule has 0 aliphatic carbocycles. The molecule has 2 aromatic rings. The molecule has 3 aliphatic rings. The summed E-state index contributed by atoms with van der Waals surface area (Å²) in [5.41, 5.74) is 0.0560. The first-order valence-corrected chi connectivity index (χ1v) is 15.1. The Kier molecular flexibility index (Phi) is 7.65. The lowest BCUT2D eigenvalue weighted by atomic mass is 9.72. The number of amides is 1. The number of fused-ring (bicyclic) bond motifs is 1. The highest BCUT2D eigenvalue weighted by Crippen LogP contribution is 2.43. The van der Waals surface area contributed by atoms with Gasteiger partial charge in [0.25, 0.3) is 0 Å². The van der Waals surface area contributed by atoms with Crippen molar-refractivity contribution in [3.63, 3.8) is 0 Å². The summed E-state index contributed by atoms with van der Waals surface area (Å²) in [7, 11) is 2.16. The minimum Gasteiger partial charge on any atom is -0.444 e. The van der Waals surface area contributed by atoms with Crippen molar-refractivity contribution in [2.45, 2.75) is 58.5 Å². The SMILES string of the molecule is CN1CCC(Cc2nc(N3CCC4(CC3)CN(C(=O)OC(C)(C)C)C4)c3cc(I)c(Br)c(F)c3n2)CC1. The summed E-state index contributed by atoms with van der Waals surface area (Å²) in [4.78, 5) is 28.7. The van der Waals surface area contributed by atoms with Gasteiger partial charge in [0, 0.05) is 47.0 Å². The number of halogens is 3. The predicted molar refractivity (Wildman–Crippen MR) is 156 cm³/mol. The molecule has 1 aromatic carbocycles. The van der Waals surface area contributed by atoms with Gasteiger partial charge in [0.1, 0.15) is 22.8 Å². The minimum atomic E-state index is -0.482. The number of rotatable bonds is 3. The number of hydrogen-bond acceptors (Lipinski definition) is 6. The molecule has 1 amide bonds.